The first kappa shape index (κ1) is 32.1. The van der Waals surface area contributed by atoms with E-state index >= 15 is 0 Å². The number of carboxylic acid groups (broad SMARTS) is 1. The number of aromatic carboxylic acids is 1. The van der Waals surface area contributed by atoms with Crippen molar-refractivity contribution in [3.63, 3.8) is 0 Å². The molecule has 9 nitrogen and oxygen atoms in total. The molecule has 232 valence electrons. The van der Waals surface area contributed by atoms with E-state index in [0.29, 0.717) is 37.5 Å². The van der Waals surface area contributed by atoms with Crippen LogP contribution in [-0.4, -0.2) is 41.6 Å². The molecule has 0 bridgehead atoms. The monoisotopic (exact) mass is 664 g/mol. The summed E-state index contributed by atoms with van der Waals surface area (Å²) >= 11 is 9.42. The SMILES string of the molecule is CCOC(=O)C1=C(C)N=c2s/c(=C/c3cc(Cl)c(OCc4cccc(C(=O)O)c4)c(OC)c3)c(=O)n2[C@@H]1c1ccc(SC)cc1. The number of aromatic nitrogens is 1. The number of thioether (sulfide) groups is 1. The molecule has 1 aromatic heterocycles. The van der Waals surface area contributed by atoms with Crippen molar-refractivity contribution in [1.29, 1.82) is 0 Å². The minimum atomic E-state index is -1.03. The van der Waals surface area contributed by atoms with Gasteiger partial charge in [-0.2, -0.15) is 0 Å². The molecule has 1 aliphatic heterocycles. The number of hydrogen-bond donors (Lipinski definition) is 1. The van der Waals surface area contributed by atoms with Crippen molar-refractivity contribution >= 4 is 52.7 Å². The summed E-state index contributed by atoms with van der Waals surface area (Å²) in [5.74, 6) is -0.937. The Hall–Kier alpha value is -4.32. The lowest BCUT2D eigenvalue weighted by atomic mass is 9.96. The lowest BCUT2D eigenvalue weighted by Crippen LogP contribution is -2.39. The quantitative estimate of drug-likeness (QED) is 0.176. The Morgan fingerprint density at radius 1 is 1.16 bits per heavy atom. The highest BCUT2D eigenvalue weighted by Crippen LogP contribution is 2.37. The Morgan fingerprint density at radius 3 is 2.58 bits per heavy atom. The number of benzene rings is 3. The number of esters is 1. The van der Waals surface area contributed by atoms with Crippen LogP contribution in [0, 0.1) is 0 Å². The zero-order chi connectivity index (χ0) is 32.2. The van der Waals surface area contributed by atoms with Gasteiger partial charge in [0.1, 0.15) is 6.61 Å². The second kappa shape index (κ2) is 13.8. The predicted molar refractivity (Wildman–Crippen MR) is 174 cm³/mol. The zero-order valence-corrected chi connectivity index (χ0v) is 27.2. The van der Waals surface area contributed by atoms with Crippen molar-refractivity contribution < 1.29 is 28.9 Å². The minimum Gasteiger partial charge on any atom is -0.493 e. The van der Waals surface area contributed by atoms with Crippen molar-refractivity contribution in [3.05, 3.63) is 119 Å². The van der Waals surface area contributed by atoms with Gasteiger partial charge in [0.25, 0.3) is 5.56 Å². The number of ether oxygens (including phenoxy) is 3. The van der Waals surface area contributed by atoms with Crippen LogP contribution in [0.2, 0.25) is 5.02 Å². The third-order valence-corrected chi connectivity index (χ3v) is 9.06. The van der Waals surface area contributed by atoms with E-state index in [4.69, 9.17) is 25.8 Å². The molecule has 2 heterocycles. The highest BCUT2D eigenvalue weighted by atomic mass is 35.5. The number of hydrogen-bond acceptors (Lipinski definition) is 9. The first-order valence-corrected chi connectivity index (χ1v) is 16.2. The number of carbonyl (C=O) groups is 2. The summed E-state index contributed by atoms with van der Waals surface area (Å²) < 4.78 is 18.8. The number of carbonyl (C=O) groups excluding carboxylic acids is 1. The van der Waals surface area contributed by atoms with Crippen LogP contribution in [0.4, 0.5) is 0 Å². The van der Waals surface area contributed by atoms with Crippen LogP contribution in [0.3, 0.4) is 0 Å². The molecule has 3 aromatic carbocycles. The van der Waals surface area contributed by atoms with Crippen LogP contribution in [0.1, 0.15) is 46.9 Å². The molecule has 4 aromatic rings. The fourth-order valence-corrected chi connectivity index (χ4v) is 6.69. The van der Waals surface area contributed by atoms with Crippen LogP contribution >= 0.6 is 34.7 Å². The topological polar surface area (TPSA) is 116 Å². The fourth-order valence-electron chi connectivity index (χ4n) is 4.96. The Morgan fingerprint density at radius 2 is 1.91 bits per heavy atom. The molecule has 0 amide bonds. The van der Waals surface area contributed by atoms with E-state index in [1.165, 1.54) is 35.1 Å². The summed E-state index contributed by atoms with van der Waals surface area (Å²) in [5, 5.41) is 9.52. The van der Waals surface area contributed by atoms with Crippen LogP contribution < -0.4 is 24.4 Å². The maximum atomic E-state index is 14.0. The lowest BCUT2D eigenvalue weighted by Gasteiger charge is -2.24. The first-order valence-electron chi connectivity index (χ1n) is 13.8. The van der Waals surface area contributed by atoms with Crippen LogP contribution in [0.5, 0.6) is 11.5 Å². The highest BCUT2D eigenvalue weighted by Gasteiger charge is 2.33. The van der Waals surface area contributed by atoms with Gasteiger partial charge in [-0.15, -0.1) is 11.8 Å². The molecule has 5 rings (SSSR count). The maximum Gasteiger partial charge on any atom is 0.338 e. The summed E-state index contributed by atoms with van der Waals surface area (Å²) in [6.07, 6.45) is 3.67. The zero-order valence-electron chi connectivity index (χ0n) is 24.8. The van der Waals surface area contributed by atoms with Gasteiger partial charge in [-0.1, -0.05) is 47.2 Å². The van der Waals surface area contributed by atoms with Gasteiger partial charge in [-0.3, -0.25) is 9.36 Å². The standard InChI is InChI=1S/C33H29ClN2O7S2/c1-5-42-32(40)27-18(2)35-33-36(28(27)21-9-11-23(44-4)12-10-21)30(37)26(45-33)16-20-14-24(34)29(25(15-20)41-3)43-17-19-7-6-8-22(13-19)31(38)39/h6-16,28H,5,17H2,1-4H3,(H,38,39)/b26-16+/t28-/m1/s1. The molecule has 1 N–H and O–H groups in total. The van der Waals surface area contributed by atoms with E-state index in [1.807, 2.05) is 30.5 Å². The van der Waals surface area contributed by atoms with E-state index in [1.54, 1.807) is 56.0 Å². The minimum absolute atomic E-state index is 0.0647. The average Bonchev–Trinajstić information content (AvgIpc) is 3.33. The summed E-state index contributed by atoms with van der Waals surface area (Å²) in [5.41, 5.74) is 2.62. The van der Waals surface area contributed by atoms with Crippen molar-refractivity contribution in [2.45, 2.75) is 31.4 Å². The Bertz CT molecular complexity index is 2000. The number of rotatable bonds is 10. The molecule has 12 heteroatoms. The molecular weight excluding hydrogens is 636 g/mol. The van der Waals surface area contributed by atoms with Crippen molar-refractivity contribution in [1.82, 2.24) is 4.57 Å². The number of carboxylic acids is 1. The number of allylic oxidation sites excluding steroid dienone is 1. The van der Waals surface area contributed by atoms with E-state index in [-0.39, 0.29) is 35.1 Å². The summed E-state index contributed by atoms with van der Waals surface area (Å²) in [7, 11) is 1.48. The predicted octanol–water partition coefficient (Wildman–Crippen LogP) is 5.46. The van der Waals surface area contributed by atoms with Gasteiger partial charge >= 0.3 is 11.9 Å². The van der Waals surface area contributed by atoms with Gasteiger partial charge in [-0.25, -0.2) is 14.6 Å². The second-order valence-electron chi connectivity index (χ2n) is 9.90. The molecule has 1 aliphatic rings. The van der Waals surface area contributed by atoms with Crippen molar-refractivity contribution in [2.75, 3.05) is 20.0 Å². The molecular formula is C33H29ClN2O7S2. The molecule has 0 fully saturated rings. The lowest BCUT2D eigenvalue weighted by molar-refractivity contribution is -0.139. The maximum absolute atomic E-state index is 14.0. The molecule has 0 unspecified atom stereocenters. The number of fused-ring (bicyclic) bond motifs is 1. The Labute approximate surface area is 272 Å². The first-order chi connectivity index (χ1) is 21.6. The second-order valence-corrected chi connectivity index (χ2v) is 12.2. The van der Waals surface area contributed by atoms with Gasteiger partial charge in [0.2, 0.25) is 0 Å². The van der Waals surface area contributed by atoms with Gasteiger partial charge in [-0.05, 0) is 79.3 Å². The number of methoxy groups -OCH3 is 1. The molecule has 0 saturated carbocycles. The van der Waals surface area contributed by atoms with Gasteiger partial charge < -0.3 is 19.3 Å². The Kier molecular flexibility index (Phi) is 9.81. The van der Waals surface area contributed by atoms with Crippen LogP contribution in [0.15, 0.2) is 86.6 Å². The van der Waals surface area contributed by atoms with Gasteiger partial charge in [0.05, 0.1) is 46.1 Å². The van der Waals surface area contributed by atoms with Crippen LogP contribution in [0.25, 0.3) is 6.08 Å². The largest absolute Gasteiger partial charge is 0.493 e. The third-order valence-electron chi connectivity index (χ3n) is 7.06. The molecule has 45 heavy (non-hydrogen) atoms. The van der Waals surface area contributed by atoms with Gasteiger partial charge in [0.15, 0.2) is 16.3 Å². The molecule has 0 spiro atoms. The average molecular weight is 665 g/mol. The van der Waals surface area contributed by atoms with Crippen molar-refractivity contribution in [3.8, 4) is 11.5 Å². The number of nitrogens with zero attached hydrogens (tertiary/aromatic N) is 2. The Balaban J connectivity index is 1.55. The van der Waals surface area contributed by atoms with E-state index in [9.17, 15) is 19.5 Å². The smallest absolute Gasteiger partial charge is 0.338 e. The van der Waals surface area contributed by atoms with Gasteiger partial charge in [0, 0.05) is 4.90 Å². The number of thiazole rings is 1. The highest BCUT2D eigenvalue weighted by molar-refractivity contribution is 7.98. The van der Waals surface area contributed by atoms with E-state index in [2.05, 4.69) is 4.99 Å². The van der Waals surface area contributed by atoms with Crippen molar-refractivity contribution in [2.24, 2.45) is 4.99 Å². The molecule has 0 aliphatic carbocycles. The van der Waals surface area contributed by atoms with E-state index < -0.39 is 18.0 Å². The van der Waals surface area contributed by atoms with E-state index in [0.717, 1.165) is 10.5 Å². The third kappa shape index (κ3) is 6.70. The molecule has 0 saturated heterocycles. The molecule has 0 radical (unpaired) electrons. The normalized spacial score (nSPS) is 14.5. The summed E-state index contributed by atoms with van der Waals surface area (Å²) in [4.78, 5) is 44.6. The number of halogens is 1. The molecule has 1 atom stereocenters. The summed E-state index contributed by atoms with van der Waals surface area (Å²) in [6.45, 7) is 3.73. The fraction of sp³-hybridized carbons (Fsp3) is 0.212. The van der Waals surface area contributed by atoms with Crippen LogP contribution in [-0.2, 0) is 16.1 Å². The summed E-state index contributed by atoms with van der Waals surface area (Å²) in [6, 6.07) is 16.8.